The van der Waals surface area contributed by atoms with Crippen molar-refractivity contribution in [3.8, 4) is 0 Å². The molecule has 0 heterocycles. The number of hydrogen-bond acceptors (Lipinski definition) is 11. The van der Waals surface area contributed by atoms with Crippen molar-refractivity contribution in [2.75, 3.05) is 74.5 Å². The SMILES string of the molecule is C=C(CSC)OCC(COC(=O)CSC)(COC(=O)CSC)COC(=O)CSC. The molecule has 0 bridgehead atoms. The average molecular weight is 487 g/mol. The Bertz CT molecular complexity index is 435. The van der Waals surface area contributed by atoms with Crippen molar-refractivity contribution in [2.45, 2.75) is 0 Å². The molecule has 0 amide bonds. The molecule has 0 spiro atoms. The minimum atomic E-state index is -1.03. The fraction of sp³-hybridized carbons (Fsp3) is 0.722. The van der Waals surface area contributed by atoms with Gasteiger partial charge in [0, 0.05) is 0 Å². The number of rotatable bonds is 17. The molecule has 0 atom stereocenters. The quantitative estimate of drug-likeness (QED) is 0.173. The summed E-state index contributed by atoms with van der Waals surface area (Å²) in [5, 5.41) is 0. The van der Waals surface area contributed by atoms with Crippen LogP contribution in [0, 0.1) is 5.41 Å². The van der Waals surface area contributed by atoms with E-state index in [1.165, 1.54) is 35.3 Å². The molecule has 0 saturated carbocycles. The molecule has 168 valence electrons. The predicted molar refractivity (Wildman–Crippen MR) is 124 cm³/mol. The molecule has 0 N–H and O–H groups in total. The van der Waals surface area contributed by atoms with E-state index >= 15 is 0 Å². The van der Waals surface area contributed by atoms with Gasteiger partial charge in [0.15, 0.2) is 0 Å². The maximum Gasteiger partial charge on any atom is 0.315 e. The van der Waals surface area contributed by atoms with Crippen LogP contribution in [-0.4, -0.2) is 92.4 Å². The summed E-state index contributed by atoms with van der Waals surface area (Å²) in [6, 6.07) is 0. The molecule has 7 nitrogen and oxygen atoms in total. The van der Waals surface area contributed by atoms with Gasteiger partial charge in [0.2, 0.25) is 0 Å². The van der Waals surface area contributed by atoms with Crippen LogP contribution in [-0.2, 0) is 33.3 Å². The van der Waals surface area contributed by atoms with Crippen LogP contribution in [0.1, 0.15) is 0 Å². The Kier molecular flexibility index (Phi) is 16.7. The Hall–Kier alpha value is -0.650. The van der Waals surface area contributed by atoms with Crippen molar-refractivity contribution in [2.24, 2.45) is 5.41 Å². The molecule has 0 fully saturated rings. The minimum Gasteiger partial charge on any atom is -0.497 e. The van der Waals surface area contributed by atoms with Gasteiger partial charge in [0.25, 0.3) is 0 Å². The summed E-state index contributed by atoms with van der Waals surface area (Å²) in [4.78, 5) is 35.7. The summed E-state index contributed by atoms with van der Waals surface area (Å²) in [5.74, 6) is 0.462. The highest BCUT2D eigenvalue weighted by atomic mass is 32.2. The van der Waals surface area contributed by atoms with Crippen LogP contribution in [0.15, 0.2) is 12.3 Å². The van der Waals surface area contributed by atoms with Gasteiger partial charge in [0.1, 0.15) is 31.8 Å². The number of hydrogen-bond donors (Lipinski definition) is 0. The molecule has 0 radical (unpaired) electrons. The summed E-state index contributed by atoms with van der Waals surface area (Å²) < 4.78 is 21.8. The highest BCUT2D eigenvalue weighted by Gasteiger charge is 2.37. The first kappa shape index (κ1) is 28.4. The molecule has 0 aliphatic heterocycles. The van der Waals surface area contributed by atoms with Crippen LogP contribution in [0.2, 0.25) is 0 Å². The second-order valence-corrected chi connectivity index (χ2v) is 9.51. The summed E-state index contributed by atoms with van der Waals surface area (Å²) in [7, 11) is 0. The fourth-order valence-corrected chi connectivity index (χ4v) is 3.25. The van der Waals surface area contributed by atoms with Crippen molar-refractivity contribution in [3.05, 3.63) is 12.3 Å². The lowest BCUT2D eigenvalue weighted by Crippen LogP contribution is -2.43. The lowest BCUT2D eigenvalue weighted by Gasteiger charge is -2.32. The maximum absolute atomic E-state index is 11.9. The van der Waals surface area contributed by atoms with Gasteiger partial charge in [-0.15, -0.1) is 0 Å². The Morgan fingerprint density at radius 1 is 0.621 bits per heavy atom. The van der Waals surface area contributed by atoms with E-state index in [4.69, 9.17) is 18.9 Å². The van der Waals surface area contributed by atoms with Crippen LogP contribution < -0.4 is 0 Å². The van der Waals surface area contributed by atoms with Crippen molar-refractivity contribution in [3.63, 3.8) is 0 Å². The Morgan fingerprint density at radius 2 is 0.931 bits per heavy atom. The summed E-state index contributed by atoms with van der Waals surface area (Å²) >= 11 is 5.55. The molecule has 0 aromatic carbocycles. The molecular formula is C18H30O7S4. The Morgan fingerprint density at radius 3 is 1.24 bits per heavy atom. The zero-order valence-corrected chi connectivity index (χ0v) is 20.6. The van der Waals surface area contributed by atoms with E-state index in [1.54, 1.807) is 30.5 Å². The van der Waals surface area contributed by atoms with Gasteiger partial charge in [-0.05, 0) is 25.0 Å². The lowest BCUT2D eigenvalue weighted by molar-refractivity contribution is -0.162. The van der Waals surface area contributed by atoms with Gasteiger partial charge >= 0.3 is 17.9 Å². The molecule has 29 heavy (non-hydrogen) atoms. The lowest BCUT2D eigenvalue weighted by atomic mass is 9.92. The van der Waals surface area contributed by atoms with Crippen LogP contribution in [0.4, 0.5) is 0 Å². The molecule has 0 unspecified atom stereocenters. The second-order valence-electron chi connectivity index (χ2n) is 6.04. The average Bonchev–Trinajstić information content (AvgIpc) is 2.68. The Labute approximate surface area is 190 Å². The second kappa shape index (κ2) is 17.1. The standard InChI is InChI=1S/C18H30O7S4/c1-14(6-26-2)22-10-18(11-23-15(19)7-27-3,12-24-16(20)8-28-4)13-25-17(21)9-29-5/h1,6-13H2,2-5H3. The summed E-state index contributed by atoms with van der Waals surface area (Å²) in [6.07, 6.45) is 7.29. The first-order valence-corrected chi connectivity index (χ1v) is 14.1. The fourth-order valence-electron chi connectivity index (χ4n) is 1.89. The van der Waals surface area contributed by atoms with Gasteiger partial charge in [-0.3, -0.25) is 14.4 Å². The minimum absolute atomic E-state index is 0.0258. The molecule has 0 rings (SSSR count). The van der Waals surface area contributed by atoms with Crippen molar-refractivity contribution in [1.29, 1.82) is 0 Å². The van der Waals surface area contributed by atoms with Crippen LogP contribution in [0.5, 0.6) is 0 Å². The van der Waals surface area contributed by atoms with E-state index in [2.05, 4.69) is 6.58 Å². The third-order valence-corrected chi connectivity index (χ3v) is 5.48. The highest BCUT2D eigenvalue weighted by Crippen LogP contribution is 2.23. The van der Waals surface area contributed by atoms with Crippen molar-refractivity contribution >= 4 is 65.0 Å². The number of esters is 3. The molecule has 0 aliphatic carbocycles. The van der Waals surface area contributed by atoms with Gasteiger partial charge in [-0.2, -0.15) is 47.0 Å². The van der Waals surface area contributed by atoms with Crippen LogP contribution in [0.25, 0.3) is 0 Å². The molecular weight excluding hydrogens is 456 g/mol. The molecule has 0 saturated heterocycles. The van der Waals surface area contributed by atoms with E-state index in [9.17, 15) is 14.4 Å². The van der Waals surface area contributed by atoms with Gasteiger partial charge in [-0.1, -0.05) is 6.58 Å². The monoisotopic (exact) mass is 486 g/mol. The zero-order valence-electron chi connectivity index (χ0n) is 17.4. The number of carbonyl (C=O) groups excluding carboxylic acids is 3. The molecule has 11 heteroatoms. The van der Waals surface area contributed by atoms with Gasteiger partial charge in [0.05, 0.1) is 28.8 Å². The van der Waals surface area contributed by atoms with Crippen LogP contribution >= 0.6 is 47.0 Å². The Balaban J connectivity index is 5.35. The number of thioether (sulfide) groups is 4. The van der Waals surface area contributed by atoms with E-state index in [0.717, 1.165) is 0 Å². The van der Waals surface area contributed by atoms with E-state index in [-0.39, 0.29) is 43.7 Å². The van der Waals surface area contributed by atoms with Crippen molar-refractivity contribution < 1.29 is 33.3 Å². The zero-order chi connectivity index (χ0) is 22.1. The topological polar surface area (TPSA) is 88.1 Å². The smallest absolute Gasteiger partial charge is 0.315 e. The van der Waals surface area contributed by atoms with Gasteiger partial charge < -0.3 is 18.9 Å². The van der Waals surface area contributed by atoms with Gasteiger partial charge in [-0.25, -0.2) is 0 Å². The third-order valence-electron chi connectivity index (χ3n) is 3.29. The maximum atomic E-state index is 11.9. The summed E-state index contributed by atoms with van der Waals surface area (Å²) in [6.45, 7) is 3.53. The molecule has 0 aromatic rings. The third kappa shape index (κ3) is 14.1. The van der Waals surface area contributed by atoms with E-state index in [1.807, 2.05) is 6.26 Å². The normalized spacial score (nSPS) is 10.9. The first-order valence-electron chi connectivity index (χ1n) is 8.55. The van der Waals surface area contributed by atoms with E-state index in [0.29, 0.717) is 11.5 Å². The molecule has 0 aromatic heterocycles. The first-order chi connectivity index (χ1) is 13.8. The number of ether oxygens (including phenoxy) is 4. The molecule has 0 aliphatic rings. The highest BCUT2D eigenvalue weighted by molar-refractivity contribution is 7.99. The van der Waals surface area contributed by atoms with Crippen LogP contribution in [0.3, 0.4) is 0 Å². The predicted octanol–water partition coefficient (Wildman–Crippen LogP) is 2.58. The summed E-state index contributed by atoms with van der Waals surface area (Å²) in [5.41, 5.74) is -1.03. The largest absolute Gasteiger partial charge is 0.497 e. The number of carbonyl (C=O) groups is 3. The van der Waals surface area contributed by atoms with E-state index < -0.39 is 23.3 Å². The van der Waals surface area contributed by atoms with Crippen molar-refractivity contribution in [1.82, 2.24) is 0 Å².